The first-order valence-electron chi connectivity index (χ1n) is 5.18. The van der Waals surface area contributed by atoms with Crippen molar-refractivity contribution in [2.75, 3.05) is 20.3 Å². The number of rotatable bonds is 5. The standard InChI is InChI=1S/C10H21NO2/c1-4-8(2)9(11-3)7-10-12-5-6-13-10/h8-11H,4-7H2,1-3H3. The summed E-state index contributed by atoms with van der Waals surface area (Å²) in [5, 5.41) is 3.32. The molecule has 0 aromatic carbocycles. The summed E-state index contributed by atoms with van der Waals surface area (Å²) in [6.07, 6.45) is 2.18. The van der Waals surface area contributed by atoms with Gasteiger partial charge in [0.2, 0.25) is 0 Å². The lowest BCUT2D eigenvalue weighted by Gasteiger charge is -2.24. The van der Waals surface area contributed by atoms with E-state index in [2.05, 4.69) is 19.2 Å². The molecule has 1 N–H and O–H groups in total. The molecule has 0 amide bonds. The fourth-order valence-electron chi connectivity index (χ4n) is 1.67. The molecule has 13 heavy (non-hydrogen) atoms. The van der Waals surface area contributed by atoms with E-state index in [1.807, 2.05) is 7.05 Å². The van der Waals surface area contributed by atoms with Gasteiger partial charge in [-0.25, -0.2) is 0 Å². The molecule has 2 atom stereocenters. The minimum Gasteiger partial charge on any atom is -0.350 e. The quantitative estimate of drug-likeness (QED) is 0.705. The average Bonchev–Trinajstić information content (AvgIpc) is 2.65. The van der Waals surface area contributed by atoms with Gasteiger partial charge in [0.25, 0.3) is 0 Å². The number of hydrogen-bond acceptors (Lipinski definition) is 3. The van der Waals surface area contributed by atoms with Gasteiger partial charge in [-0.1, -0.05) is 20.3 Å². The highest BCUT2D eigenvalue weighted by Gasteiger charge is 2.23. The fraction of sp³-hybridized carbons (Fsp3) is 1.00. The Morgan fingerprint density at radius 3 is 2.46 bits per heavy atom. The van der Waals surface area contributed by atoms with Crippen LogP contribution < -0.4 is 5.32 Å². The van der Waals surface area contributed by atoms with E-state index in [-0.39, 0.29) is 6.29 Å². The Kier molecular flexibility index (Phi) is 4.70. The van der Waals surface area contributed by atoms with Crippen LogP contribution in [0.4, 0.5) is 0 Å². The lowest BCUT2D eigenvalue weighted by atomic mass is 9.96. The van der Waals surface area contributed by atoms with E-state index in [4.69, 9.17) is 9.47 Å². The Labute approximate surface area is 80.8 Å². The molecule has 3 nitrogen and oxygen atoms in total. The SMILES string of the molecule is CCC(C)C(CC1OCCO1)NC. The molecule has 0 bridgehead atoms. The van der Waals surface area contributed by atoms with Gasteiger partial charge in [0, 0.05) is 12.5 Å². The van der Waals surface area contributed by atoms with Crippen molar-refractivity contribution < 1.29 is 9.47 Å². The van der Waals surface area contributed by atoms with Gasteiger partial charge in [-0.05, 0) is 13.0 Å². The van der Waals surface area contributed by atoms with E-state index in [0.29, 0.717) is 12.0 Å². The summed E-state index contributed by atoms with van der Waals surface area (Å²) in [5.74, 6) is 0.679. The van der Waals surface area contributed by atoms with Crippen molar-refractivity contribution in [3.8, 4) is 0 Å². The van der Waals surface area contributed by atoms with E-state index in [1.54, 1.807) is 0 Å². The van der Waals surface area contributed by atoms with Crippen molar-refractivity contribution in [1.29, 1.82) is 0 Å². The molecule has 0 aromatic heterocycles. The van der Waals surface area contributed by atoms with Crippen LogP contribution in [-0.2, 0) is 9.47 Å². The second-order valence-electron chi connectivity index (χ2n) is 3.69. The molecule has 0 spiro atoms. The molecule has 3 heteroatoms. The Hall–Kier alpha value is -0.120. The van der Waals surface area contributed by atoms with Crippen LogP contribution in [0, 0.1) is 5.92 Å². The zero-order valence-electron chi connectivity index (χ0n) is 8.88. The third-order valence-corrected chi connectivity index (χ3v) is 2.84. The molecule has 0 saturated carbocycles. The summed E-state index contributed by atoms with van der Waals surface area (Å²) >= 11 is 0. The molecule has 1 fully saturated rings. The second kappa shape index (κ2) is 5.58. The van der Waals surface area contributed by atoms with Crippen molar-refractivity contribution in [2.24, 2.45) is 5.92 Å². The minimum atomic E-state index is 0.0199. The smallest absolute Gasteiger partial charge is 0.159 e. The molecule has 1 aliphatic heterocycles. The van der Waals surface area contributed by atoms with Gasteiger partial charge < -0.3 is 14.8 Å². The highest BCUT2D eigenvalue weighted by atomic mass is 16.7. The van der Waals surface area contributed by atoms with E-state index in [1.165, 1.54) is 6.42 Å². The van der Waals surface area contributed by atoms with E-state index in [0.717, 1.165) is 19.6 Å². The summed E-state index contributed by atoms with van der Waals surface area (Å²) in [4.78, 5) is 0. The second-order valence-corrected chi connectivity index (χ2v) is 3.69. The Bertz CT molecular complexity index is 135. The van der Waals surface area contributed by atoms with Crippen LogP contribution in [0.5, 0.6) is 0 Å². The summed E-state index contributed by atoms with van der Waals surface area (Å²) in [6, 6.07) is 0.507. The van der Waals surface area contributed by atoms with Gasteiger partial charge in [-0.3, -0.25) is 0 Å². The molecule has 1 heterocycles. The number of ether oxygens (including phenoxy) is 2. The predicted molar refractivity (Wildman–Crippen MR) is 52.6 cm³/mol. The van der Waals surface area contributed by atoms with Gasteiger partial charge in [-0.15, -0.1) is 0 Å². The van der Waals surface area contributed by atoms with Crippen molar-refractivity contribution in [2.45, 2.75) is 39.0 Å². The lowest BCUT2D eigenvalue weighted by molar-refractivity contribution is -0.0556. The van der Waals surface area contributed by atoms with E-state index in [9.17, 15) is 0 Å². The summed E-state index contributed by atoms with van der Waals surface area (Å²) in [6.45, 7) is 5.98. The highest BCUT2D eigenvalue weighted by molar-refractivity contribution is 4.73. The van der Waals surface area contributed by atoms with Crippen LogP contribution in [-0.4, -0.2) is 32.6 Å². The zero-order valence-corrected chi connectivity index (χ0v) is 8.88. The van der Waals surface area contributed by atoms with Gasteiger partial charge >= 0.3 is 0 Å². The fourth-order valence-corrected chi connectivity index (χ4v) is 1.67. The number of nitrogens with one attached hydrogen (secondary N) is 1. The number of hydrogen-bond donors (Lipinski definition) is 1. The van der Waals surface area contributed by atoms with E-state index < -0.39 is 0 Å². The Balaban J connectivity index is 2.29. The van der Waals surface area contributed by atoms with Gasteiger partial charge in [-0.2, -0.15) is 0 Å². The maximum absolute atomic E-state index is 5.42. The van der Waals surface area contributed by atoms with Crippen LogP contribution in [0.15, 0.2) is 0 Å². The van der Waals surface area contributed by atoms with Gasteiger partial charge in [0.15, 0.2) is 6.29 Å². The molecular weight excluding hydrogens is 166 g/mol. The van der Waals surface area contributed by atoms with Crippen molar-refractivity contribution >= 4 is 0 Å². The van der Waals surface area contributed by atoms with E-state index >= 15 is 0 Å². The Morgan fingerprint density at radius 2 is 2.00 bits per heavy atom. The van der Waals surface area contributed by atoms with Crippen molar-refractivity contribution in [1.82, 2.24) is 5.32 Å². The van der Waals surface area contributed by atoms with Crippen LogP contribution >= 0.6 is 0 Å². The molecule has 0 radical (unpaired) electrons. The molecule has 78 valence electrons. The topological polar surface area (TPSA) is 30.5 Å². The summed E-state index contributed by atoms with van der Waals surface area (Å²) < 4.78 is 10.8. The average molecular weight is 187 g/mol. The highest BCUT2D eigenvalue weighted by Crippen LogP contribution is 2.17. The maximum atomic E-state index is 5.42. The summed E-state index contributed by atoms with van der Waals surface area (Å²) in [7, 11) is 2.01. The first-order valence-corrected chi connectivity index (χ1v) is 5.18. The molecule has 1 rings (SSSR count). The molecule has 0 aromatic rings. The van der Waals surface area contributed by atoms with Gasteiger partial charge in [0.1, 0.15) is 0 Å². The van der Waals surface area contributed by atoms with Crippen LogP contribution in [0.3, 0.4) is 0 Å². The lowest BCUT2D eigenvalue weighted by Crippen LogP contribution is -2.35. The van der Waals surface area contributed by atoms with Crippen LogP contribution in [0.1, 0.15) is 26.7 Å². The molecule has 0 aliphatic carbocycles. The third kappa shape index (κ3) is 3.25. The normalized spacial score (nSPS) is 23.3. The maximum Gasteiger partial charge on any atom is 0.159 e. The monoisotopic (exact) mass is 187 g/mol. The third-order valence-electron chi connectivity index (χ3n) is 2.84. The van der Waals surface area contributed by atoms with Gasteiger partial charge in [0.05, 0.1) is 13.2 Å². The predicted octanol–water partition coefficient (Wildman–Crippen LogP) is 1.38. The minimum absolute atomic E-state index is 0.0199. The summed E-state index contributed by atoms with van der Waals surface area (Å²) in [5.41, 5.74) is 0. The Morgan fingerprint density at radius 1 is 1.38 bits per heavy atom. The zero-order chi connectivity index (χ0) is 9.68. The molecular formula is C10H21NO2. The van der Waals surface area contributed by atoms with Crippen molar-refractivity contribution in [3.05, 3.63) is 0 Å². The molecule has 1 aliphatic rings. The first-order chi connectivity index (χ1) is 6.27. The van der Waals surface area contributed by atoms with Crippen LogP contribution in [0.25, 0.3) is 0 Å². The molecule has 1 saturated heterocycles. The largest absolute Gasteiger partial charge is 0.350 e. The first kappa shape index (κ1) is 11.0. The molecule has 2 unspecified atom stereocenters. The van der Waals surface area contributed by atoms with Crippen molar-refractivity contribution in [3.63, 3.8) is 0 Å². The van der Waals surface area contributed by atoms with Crippen LogP contribution in [0.2, 0.25) is 0 Å².